The second kappa shape index (κ2) is 6.18. The van der Waals surface area contributed by atoms with Gasteiger partial charge in [-0.25, -0.2) is 8.42 Å². The minimum atomic E-state index is -3.40. The number of hydrogen-bond acceptors (Lipinski definition) is 3. The lowest BCUT2D eigenvalue weighted by molar-refractivity contribution is 0.600. The first-order valence-electron chi connectivity index (χ1n) is 6.79. The molecule has 0 spiro atoms. The summed E-state index contributed by atoms with van der Waals surface area (Å²) in [6.45, 7) is 3.68. The van der Waals surface area contributed by atoms with Crippen molar-refractivity contribution in [3.63, 3.8) is 0 Å². The number of rotatable bonds is 5. The van der Waals surface area contributed by atoms with Crippen LogP contribution in [0.4, 0.5) is 11.4 Å². The molecule has 0 radical (unpaired) electrons. The Bertz CT molecular complexity index is 725. The molecule has 0 heterocycles. The highest BCUT2D eigenvalue weighted by atomic mass is 32.2. The van der Waals surface area contributed by atoms with Crippen molar-refractivity contribution in [2.75, 3.05) is 16.2 Å². The highest BCUT2D eigenvalue weighted by molar-refractivity contribution is 7.92. The Kier molecular flexibility index (Phi) is 4.53. The maximum absolute atomic E-state index is 12.2. The predicted octanol–water partition coefficient (Wildman–Crippen LogP) is 2.87. The van der Waals surface area contributed by atoms with Crippen LogP contribution in [0.15, 0.2) is 42.5 Å². The first kappa shape index (κ1) is 15.4. The maximum Gasteiger partial charge on any atom is 0.233 e. The van der Waals surface area contributed by atoms with E-state index in [0.717, 1.165) is 16.7 Å². The lowest BCUT2D eigenvalue weighted by Crippen LogP contribution is -2.19. The van der Waals surface area contributed by atoms with E-state index >= 15 is 0 Å². The van der Waals surface area contributed by atoms with Gasteiger partial charge in [-0.05, 0) is 43.0 Å². The van der Waals surface area contributed by atoms with Crippen molar-refractivity contribution in [3.8, 4) is 0 Å². The monoisotopic (exact) mass is 304 g/mol. The summed E-state index contributed by atoms with van der Waals surface area (Å²) in [5, 5.41) is 0. The predicted molar refractivity (Wildman–Crippen MR) is 87.9 cm³/mol. The Morgan fingerprint density at radius 3 is 2.38 bits per heavy atom. The van der Waals surface area contributed by atoms with E-state index in [2.05, 4.69) is 4.72 Å². The van der Waals surface area contributed by atoms with Crippen LogP contribution >= 0.6 is 0 Å². The quantitative estimate of drug-likeness (QED) is 0.834. The normalized spacial score (nSPS) is 11.3. The number of hydrogen-bond donors (Lipinski definition) is 2. The Balaban J connectivity index is 2.13. The lowest BCUT2D eigenvalue weighted by Gasteiger charge is -2.14. The van der Waals surface area contributed by atoms with E-state index in [1.807, 2.05) is 50.2 Å². The summed E-state index contributed by atoms with van der Waals surface area (Å²) >= 11 is 0. The number of nitrogen functional groups attached to an aromatic ring is 1. The van der Waals surface area contributed by atoms with Gasteiger partial charge in [0.15, 0.2) is 0 Å². The van der Waals surface area contributed by atoms with E-state index < -0.39 is 10.0 Å². The summed E-state index contributed by atoms with van der Waals surface area (Å²) in [6, 6.07) is 13.2. The van der Waals surface area contributed by atoms with Gasteiger partial charge < -0.3 is 5.73 Å². The second-order valence-corrected chi connectivity index (χ2v) is 6.97. The van der Waals surface area contributed by atoms with E-state index in [4.69, 9.17) is 5.73 Å². The second-order valence-electron chi connectivity index (χ2n) is 5.13. The first-order chi connectivity index (χ1) is 9.89. The molecule has 3 N–H and O–H groups in total. The smallest absolute Gasteiger partial charge is 0.233 e. The molecule has 2 aromatic carbocycles. The fraction of sp³-hybridized carbons (Fsp3) is 0.250. The molecule has 5 heteroatoms. The number of benzene rings is 2. The van der Waals surface area contributed by atoms with Gasteiger partial charge in [0.05, 0.1) is 11.4 Å². The van der Waals surface area contributed by atoms with Gasteiger partial charge in [0.2, 0.25) is 10.0 Å². The van der Waals surface area contributed by atoms with Crippen molar-refractivity contribution in [2.45, 2.75) is 20.3 Å². The molecular formula is C16H20N2O2S. The fourth-order valence-electron chi connectivity index (χ4n) is 2.12. The summed E-state index contributed by atoms with van der Waals surface area (Å²) in [7, 11) is -3.40. The van der Waals surface area contributed by atoms with Crippen LogP contribution in [0.3, 0.4) is 0 Å². The summed E-state index contributed by atoms with van der Waals surface area (Å²) in [5.41, 5.74) is 9.64. The van der Waals surface area contributed by atoms with Crippen LogP contribution in [-0.4, -0.2) is 14.2 Å². The minimum Gasteiger partial charge on any atom is -0.398 e. The van der Waals surface area contributed by atoms with E-state index in [1.54, 1.807) is 6.07 Å². The molecule has 112 valence electrons. The number of aryl methyl sites for hydroxylation is 2. The van der Waals surface area contributed by atoms with E-state index in [9.17, 15) is 8.42 Å². The molecule has 0 aliphatic heterocycles. The van der Waals surface area contributed by atoms with Crippen LogP contribution in [0.1, 0.15) is 16.7 Å². The van der Waals surface area contributed by atoms with Gasteiger partial charge in [-0.15, -0.1) is 0 Å². The summed E-state index contributed by atoms with van der Waals surface area (Å²) in [5.74, 6) is 0.0463. The van der Waals surface area contributed by atoms with Crippen molar-refractivity contribution < 1.29 is 8.42 Å². The standard InChI is InChI=1S/C16H20N2O2S/c1-12-8-9-15(17)13(2)16(12)18-21(19,20)11-10-14-6-4-3-5-7-14/h3-9,18H,10-11,17H2,1-2H3. The third-order valence-corrected chi connectivity index (χ3v) is 4.73. The molecule has 2 aromatic rings. The van der Waals surface area contributed by atoms with Gasteiger partial charge in [0.25, 0.3) is 0 Å². The van der Waals surface area contributed by atoms with Crippen LogP contribution in [-0.2, 0) is 16.4 Å². The molecule has 4 nitrogen and oxygen atoms in total. The number of sulfonamides is 1. The molecule has 0 bridgehead atoms. The largest absolute Gasteiger partial charge is 0.398 e. The Morgan fingerprint density at radius 2 is 1.71 bits per heavy atom. The van der Waals surface area contributed by atoms with Gasteiger partial charge in [0.1, 0.15) is 0 Å². The molecule has 0 saturated heterocycles. The molecule has 0 saturated carbocycles. The molecule has 21 heavy (non-hydrogen) atoms. The molecular weight excluding hydrogens is 284 g/mol. The highest BCUT2D eigenvalue weighted by Gasteiger charge is 2.14. The molecule has 2 rings (SSSR count). The van der Waals surface area contributed by atoms with E-state index in [1.165, 1.54) is 0 Å². The molecule has 0 amide bonds. The SMILES string of the molecule is Cc1ccc(N)c(C)c1NS(=O)(=O)CCc1ccccc1. The van der Waals surface area contributed by atoms with Crippen LogP contribution < -0.4 is 10.5 Å². The van der Waals surface area contributed by atoms with Crippen molar-refractivity contribution in [1.29, 1.82) is 0 Å². The van der Waals surface area contributed by atoms with Crippen molar-refractivity contribution in [1.82, 2.24) is 0 Å². The molecule has 0 aliphatic carbocycles. The molecule has 0 atom stereocenters. The van der Waals surface area contributed by atoms with Gasteiger partial charge in [-0.3, -0.25) is 4.72 Å². The minimum absolute atomic E-state index is 0.0463. The zero-order valence-corrected chi connectivity index (χ0v) is 13.1. The van der Waals surface area contributed by atoms with E-state index in [0.29, 0.717) is 17.8 Å². The highest BCUT2D eigenvalue weighted by Crippen LogP contribution is 2.26. The van der Waals surface area contributed by atoms with Crippen molar-refractivity contribution >= 4 is 21.4 Å². The Labute approximate surface area is 126 Å². The van der Waals surface area contributed by atoms with Crippen LogP contribution in [0.5, 0.6) is 0 Å². The Morgan fingerprint density at radius 1 is 1.05 bits per heavy atom. The maximum atomic E-state index is 12.2. The Hall–Kier alpha value is -2.01. The van der Waals surface area contributed by atoms with Crippen LogP contribution in [0.2, 0.25) is 0 Å². The molecule has 0 aromatic heterocycles. The zero-order chi connectivity index (χ0) is 15.5. The van der Waals surface area contributed by atoms with Gasteiger partial charge >= 0.3 is 0 Å². The summed E-state index contributed by atoms with van der Waals surface area (Å²) in [6.07, 6.45) is 0.483. The lowest BCUT2D eigenvalue weighted by atomic mass is 10.1. The molecule has 0 unspecified atom stereocenters. The fourth-order valence-corrected chi connectivity index (χ4v) is 3.36. The van der Waals surface area contributed by atoms with Crippen LogP contribution in [0.25, 0.3) is 0 Å². The average Bonchev–Trinajstić information content (AvgIpc) is 2.47. The first-order valence-corrected chi connectivity index (χ1v) is 8.44. The third-order valence-electron chi connectivity index (χ3n) is 3.48. The average molecular weight is 304 g/mol. The van der Waals surface area contributed by atoms with Gasteiger partial charge in [-0.1, -0.05) is 36.4 Å². The number of nitrogens with two attached hydrogens (primary N) is 1. The topological polar surface area (TPSA) is 72.2 Å². The van der Waals surface area contributed by atoms with Crippen molar-refractivity contribution in [2.24, 2.45) is 0 Å². The summed E-state index contributed by atoms with van der Waals surface area (Å²) in [4.78, 5) is 0. The van der Waals surface area contributed by atoms with Gasteiger partial charge in [-0.2, -0.15) is 0 Å². The van der Waals surface area contributed by atoms with E-state index in [-0.39, 0.29) is 5.75 Å². The van der Waals surface area contributed by atoms with Gasteiger partial charge in [0, 0.05) is 5.69 Å². The molecule has 0 aliphatic rings. The molecule has 0 fully saturated rings. The van der Waals surface area contributed by atoms with Crippen molar-refractivity contribution in [3.05, 3.63) is 59.2 Å². The number of nitrogens with one attached hydrogen (secondary N) is 1. The third kappa shape index (κ3) is 3.98. The number of anilines is 2. The zero-order valence-electron chi connectivity index (χ0n) is 12.3. The summed E-state index contributed by atoms with van der Waals surface area (Å²) < 4.78 is 27.1. The van der Waals surface area contributed by atoms with Crippen LogP contribution in [0, 0.1) is 13.8 Å².